The number of unbranched alkanes of at least 4 members (excludes halogenated alkanes) is 1. The first-order valence-corrected chi connectivity index (χ1v) is 8.13. The smallest absolute Gasteiger partial charge is 0.224 e. The van der Waals surface area contributed by atoms with Gasteiger partial charge in [-0.3, -0.25) is 9.78 Å². The third kappa shape index (κ3) is 2.58. The molecule has 1 aromatic heterocycles. The third-order valence-corrected chi connectivity index (χ3v) is 4.52. The predicted octanol–water partition coefficient (Wildman–Crippen LogP) is 3.58. The van der Waals surface area contributed by atoms with E-state index in [2.05, 4.69) is 12.2 Å². The van der Waals surface area contributed by atoms with Crippen LogP contribution in [0.3, 0.4) is 0 Å². The van der Waals surface area contributed by atoms with Crippen LogP contribution in [0.15, 0.2) is 0 Å². The van der Waals surface area contributed by atoms with Crippen LogP contribution < -0.4 is 5.32 Å². The van der Waals surface area contributed by atoms with Gasteiger partial charge in [-0.1, -0.05) is 13.3 Å². The Morgan fingerprint density at radius 3 is 2.45 bits per heavy atom. The molecular weight excluding hydrogens is 248 g/mol. The molecule has 3 heteroatoms. The Kier molecular flexibility index (Phi) is 4.04. The minimum Gasteiger partial charge on any atom is -0.325 e. The first-order valence-electron chi connectivity index (χ1n) is 8.13. The fraction of sp³-hybridized carbons (Fsp3) is 0.647. The molecule has 1 heterocycles. The van der Waals surface area contributed by atoms with E-state index in [-0.39, 0.29) is 5.91 Å². The van der Waals surface area contributed by atoms with E-state index in [4.69, 9.17) is 4.98 Å². The molecule has 0 bridgehead atoms. The third-order valence-electron chi connectivity index (χ3n) is 4.52. The summed E-state index contributed by atoms with van der Waals surface area (Å²) in [7, 11) is 0. The van der Waals surface area contributed by atoms with Crippen molar-refractivity contribution in [3.63, 3.8) is 0 Å². The number of hydrogen-bond acceptors (Lipinski definition) is 2. The van der Waals surface area contributed by atoms with Crippen LogP contribution >= 0.6 is 0 Å². The van der Waals surface area contributed by atoms with Crippen LogP contribution in [-0.2, 0) is 30.5 Å². The number of pyridine rings is 1. The summed E-state index contributed by atoms with van der Waals surface area (Å²) in [6.07, 6.45) is 10.7. The van der Waals surface area contributed by atoms with Crippen molar-refractivity contribution in [2.45, 2.75) is 71.1 Å². The van der Waals surface area contributed by atoms with Crippen molar-refractivity contribution in [3.05, 3.63) is 22.5 Å². The Balaban J connectivity index is 1.91. The van der Waals surface area contributed by atoms with Gasteiger partial charge in [0.25, 0.3) is 0 Å². The Bertz CT molecular complexity index is 522. The van der Waals surface area contributed by atoms with Gasteiger partial charge in [0.1, 0.15) is 0 Å². The molecule has 20 heavy (non-hydrogen) atoms. The van der Waals surface area contributed by atoms with Gasteiger partial charge < -0.3 is 5.32 Å². The Hall–Kier alpha value is -1.38. The van der Waals surface area contributed by atoms with Crippen LogP contribution in [0, 0.1) is 0 Å². The fourth-order valence-corrected chi connectivity index (χ4v) is 3.44. The molecule has 0 fully saturated rings. The molecular formula is C17H24N2O. The molecule has 0 aromatic carbocycles. The highest BCUT2D eigenvalue weighted by Gasteiger charge is 2.25. The summed E-state index contributed by atoms with van der Waals surface area (Å²) in [5.74, 6) is 0.180. The Morgan fingerprint density at radius 2 is 1.70 bits per heavy atom. The first-order chi connectivity index (χ1) is 9.79. The minimum absolute atomic E-state index is 0.180. The number of nitrogens with one attached hydrogen (secondary N) is 1. The maximum absolute atomic E-state index is 12.1. The summed E-state index contributed by atoms with van der Waals surface area (Å²) in [5, 5.41) is 3.23. The molecule has 0 aliphatic heterocycles. The second-order valence-corrected chi connectivity index (χ2v) is 6.05. The zero-order valence-corrected chi connectivity index (χ0v) is 12.4. The minimum atomic E-state index is 0.180. The zero-order valence-electron chi connectivity index (χ0n) is 12.4. The van der Waals surface area contributed by atoms with Crippen molar-refractivity contribution in [1.82, 2.24) is 4.98 Å². The van der Waals surface area contributed by atoms with Crippen molar-refractivity contribution in [2.24, 2.45) is 0 Å². The molecule has 0 saturated carbocycles. The Labute approximate surface area is 121 Å². The van der Waals surface area contributed by atoms with Gasteiger partial charge in [-0.2, -0.15) is 0 Å². The molecule has 0 spiro atoms. The number of carbonyl (C=O) groups excluding carboxylic acids is 1. The van der Waals surface area contributed by atoms with E-state index in [0.29, 0.717) is 6.42 Å². The second-order valence-electron chi connectivity index (χ2n) is 6.05. The van der Waals surface area contributed by atoms with Crippen molar-refractivity contribution in [3.8, 4) is 0 Å². The second kappa shape index (κ2) is 5.94. The standard InChI is InChI=1S/C17H24N2O/c1-2-3-11-16(20)19-17-12-7-4-5-9-14(12)18-15-10-6-8-13(15)17/h2-11H2,1H3,(H,18,19,20). The van der Waals surface area contributed by atoms with Crippen molar-refractivity contribution >= 4 is 11.6 Å². The van der Waals surface area contributed by atoms with Gasteiger partial charge in [0.15, 0.2) is 0 Å². The average Bonchev–Trinajstić information content (AvgIpc) is 2.93. The molecule has 0 radical (unpaired) electrons. The van der Waals surface area contributed by atoms with Gasteiger partial charge >= 0.3 is 0 Å². The lowest BCUT2D eigenvalue weighted by molar-refractivity contribution is -0.116. The number of carbonyl (C=O) groups is 1. The molecule has 2 aliphatic carbocycles. The molecule has 0 saturated heterocycles. The van der Waals surface area contributed by atoms with E-state index in [1.165, 1.54) is 41.8 Å². The molecule has 0 unspecified atom stereocenters. The van der Waals surface area contributed by atoms with Gasteiger partial charge in [-0.05, 0) is 62.5 Å². The predicted molar refractivity (Wildman–Crippen MR) is 81.1 cm³/mol. The van der Waals surface area contributed by atoms with Crippen LogP contribution in [0.2, 0.25) is 0 Å². The number of rotatable bonds is 4. The zero-order chi connectivity index (χ0) is 13.9. The monoisotopic (exact) mass is 272 g/mol. The van der Waals surface area contributed by atoms with E-state index < -0.39 is 0 Å². The highest BCUT2D eigenvalue weighted by molar-refractivity contribution is 5.92. The van der Waals surface area contributed by atoms with Gasteiger partial charge in [0.05, 0.1) is 5.69 Å². The van der Waals surface area contributed by atoms with Crippen molar-refractivity contribution < 1.29 is 4.79 Å². The van der Waals surface area contributed by atoms with E-state index in [1.807, 2.05) is 0 Å². The maximum atomic E-state index is 12.1. The highest BCUT2D eigenvalue weighted by Crippen LogP contribution is 2.35. The number of anilines is 1. The number of fused-ring (bicyclic) bond motifs is 2. The maximum Gasteiger partial charge on any atom is 0.224 e. The lowest BCUT2D eigenvalue weighted by Gasteiger charge is -2.22. The normalized spacial score (nSPS) is 16.6. The summed E-state index contributed by atoms with van der Waals surface area (Å²) in [6, 6.07) is 0. The quantitative estimate of drug-likeness (QED) is 0.910. The summed E-state index contributed by atoms with van der Waals surface area (Å²) in [4.78, 5) is 17.0. The van der Waals surface area contributed by atoms with Gasteiger partial charge in [0, 0.05) is 17.8 Å². The Morgan fingerprint density at radius 1 is 1.05 bits per heavy atom. The van der Waals surface area contributed by atoms with Crippen molar-refractivity contribution in [1.29, 1.82) is 0 Å². The molecule has 0 atom stereocenters. The van der Waals surface area contributed by atoms with Crippen molar-refractivity contribution in [2.75, 3.05) is 5.32 Å². The first kappa shape index (κ1) is 13.6. The number of hydrogen-bond donors (Lipinski definition) is 1. The lowest BCUT2D eigenvalue weighted by atomic mass is 9.92. The molecule has 108 valence electrons. The van der Waals surface area contributed by atoms with Gasteiger partial charge in [0.2, 0.25) is 5.91 Å². The van der Waals surface area contributed by atoms with Crippen LogP contribution in [0.1, 0.15) is 68.0 Å². The van der Waals surface area contributed by atoms with Gasteiger partial charge in [-0.15, -0.1) is 0 Å². The van der Waals surface area contributed by atoms with E-state index in [0.717, 1.165) is 44.2 Å². The molecule has 3 nitrogen and oxygen atoms in total. The van der Waals surface area contributed by atoms with Crippen LogP contribution in [0.25, 0.3) is 0 Å². The molecule has 1 N–H and O–H groups in total. The lowest BCUT2D eigenvalue weighted by Crippen LogP contribution is -2.18. The van der Waals surface area contributed by atoms with E-state index in [1.54, 1.807) is 0 Å². The topological polar surface area (TPSA) is 42.0 Å². The largest absolute Gasteiger partial charge is 0.325 e. The summed E-state index contributed by atoms with van der Waals surface area (Å²) >= 11 is 0. The van der Waals surface area contributed by atoms with E-state index >= 15 is 0 Å². The fourth-order valence-electron chi connectivity index (χ4n) is 3.44. The highest BCUT2D eigenvalue weighted by atomic mass is 16.1. The molecule has 2 aliphatic rings. The summed E-state index contributed by atoms with van der Waals surface area (Å²) in [5.41, 5.74) is 6.31. The average molecular weight is 272 g/mol. The van der Waals surface area contributed by atoms with Crippen LogP contribution in [-0.4, -0.2) is 10.9 Å². The SMILES string of the molecule is CCCCC(=O)Nc1c2c(nc3c1CCC3)CCCC2. The van der Waals surface area contributed by atoms with Crippen LogP contribution in [0.5, 0.6) is 0 Å². The van der Waals surface area contributed by atoms with Gasteiger partial charge in [-0.25, -0.2) is 0 Å². The number of aryl methyl sites for hydroxylation is 2. The summed E-state index contributed by atoms with van der Waals surface area (Å²) < 4.78 is 0. The molecule has 3 rings (SSSR count). The summed E-state index contributed by atoms with van der Waals surface area (Å²) in [6.45, 7) is 2.12. The van der Waals surface area contributed by atoms with E-state index in [9.17, 15) is 4.79 Å². The number of amides is 1. The number of nitrogens with zero attached hydrogens (tertiary/aromatic N) is 1. The van der Waals surface area contributed by atoms with Crippen LogP contribution in [0.4, 0.5) is 5.69 Å². The number of aromatic nitrogens is 1. The molecule has 1 aromatic rings. The molecule has 1 amide bonds.